The van der Waals surface area contributed by atoms with E-state index in [1.165, 1.54) is 22.3 Å². The Kier molecular flexibility index (Phi) is 8.28. The van der Waals surface area contributed by atoms with Gasteiger partial charge in [0.1, 0.15) is 13.1 Å². The monoisotopic (exact) mass is 422 g/mol. The minimum Gasteiger partial charge on any atom is -1.00 e. The second-order valence-electron chi connectivity index (χ2n) is 5.09. The number of benzene rings is 2. The van der Waals surface area contributed by atoms with Gasteiger partial charge in [0, 0.05) is 24.0 Å². The van der Waals surface area contributed by atoms with Gasteiger partial charge in [-0.1, -0.05) is 36.4 Å². The third-order valence-electron chi connectivity index (χ3n) is 3.70. The first kappa shape index (κ1) is 18.8. The van der Waals surface area contributed by atoms with Gasteiger partial charge in [-0.3, -0.25) is 0 Å². The lowest BCUT2D eigenvalue weighted by Gasteiger charge is -2.03. The van der Waals surface area contributed by atoms with Crippen molar-refractivity contribution >= 4 is 12.4 Å². The Morgan fingerprint density at radius 3 is 1.41 bits per heavy atom. The van der Waals surface area contributed by atoms with Gasteiger partial charge >= 0.3 is 0 Å². The molecule has 2 heterocycles. The second kappa shape index (κ2) is 9.70. The van der Waals surface area contributed by atoms with Gasteiger partial charge in [0.25, 0.3) is 0 Å². The minimum atomic E-state index is 0. The molecule has 4 rings (SSSR count). The molecule has 0 spiro atoms. The van der Waals surface area contributed by atoms with E-state index < -0.39 is 0 Å². The van der Waals surface area contributed by atoms with E-state index in [4.69, 9.17) is 0 Å². The van der Waals surface area contributed by atoms with Crippen molar-refractivity contribution < 1.29 is 43.9 Å². The molecule has 0 saturated heterocycles. The Bertz CT molecular complexity index is 594. The summed E-state index contributed by atoms with van der Waals surface area (Å²) in [5.74, 6) is 0. The predicted octanol–water partition coefficient (Wildman–Crippen LogP) is -6.51. The maximum atomic E-state index is 3.22. The standard InChI is InChI=1S/2C9H9N.2BrH/c2*1-2-4-9-7-10-6-5-8(9)3-1;;/h2*1-4,7H,5-6H2;2*1H. The SMILES string of the molecule is C1=[NH+]CCc2ccccc21.C1=[NH+]CCc2ccccc21.[Br-].[Br-]. The molecular formula is C18H20Br2N2. The van der Waals surface area contributed by atoms with Crippen molar-refractivity contribution in [3.8, 4) is 0 Å². The van der Waals surface area contributed by atoms with Crippen molar-refractivity contribution in [1.29, 1.82) is 0 Å². The zero-order chi connectivity index (χ0) is 13.6. The molecule has 0 bridgehead atoms. The highest BCUT2D eigenvalue weighted by Gasteiger charge is 2.06. The fraction of sp³-hybridized carbons (Fsp3) is 0.222. The van der Waals surface area contributed by atoms with Gasteiger partial charge in [0.15, 0.2) is 12.4 Å². The zero-order valence-corrected chi connectivity index (χ0v) is 15.5. The first-order chi connectivity index (χ1) is 9.93. The lowest BCUT2D eigenvalue weighted by atomic mass is 10.0. The molecule has 0 unspecified atom stereocenters. The Hall–Kier alpha value is -1.26. The largest absolute Gasteiger partial charge is 1.00 e. The van der Waals surface area contributed by atoms with Crippen LogP contribution in [0.15, 0.2) is 48.5 Å². The Labute approximate surface area is 152 Å². The van der Waals surface area contributed by atoms with E-state index in [0.29, 0.717) is 0 Å². The van der Waals surface area contributed by atoms with E-state index in [9.17, 15) is 0 Å². The first-order valence-corrected chi connectivity index (χ1v) is 7.22. The summed E-state index contributed by atoms with van der Waals surface area (Å²) in [5.41, 5.74) is 5.60. The molecule has 4 heteroatoms. The van der Waals surface area contributed by atoms with Gasteiger partial charge in [-0.2, -0.15) is 0 Å². The van der Waals surface area contributed by atoms with Crippen LogP contribution >= 0.6 is 0 Å². The van der Waals surface area contributed by atoms with Crippen LogP contribution in [0.5, 0.6) is 0 Å². The molecule has 22 heavy (non-hydrogen) atoms. The third kappa shape index (κ3) is 4.89. The highest BCUT2D eigenvalue weighted by Crippen LogP contribution is 2.06. The molecule has 0 amide bonds. The maximum absolute atomic E-state index is 3.22. The zero-order valence-electron chi connectivity index (χ0n) is 12.4. The van der Waals surface area contributed by atoms with E-state index >= 15 is 0 Å². The fourth-order valence-electron chi connectivity index (χ4n) is 2.58. The van der Waals surface area contributed by atoms with Crippen molar-refractivity contribution in [3.63, 3.8) is 0 Å². The van der Waals surface area contributed by atoms with Crippen LogP contribution in [-0.2, 0) is 12.8 Å². The molecule has 2 nitrogen and oxygen atoms in total. The van der Waals surface area contributed by atoms with Gasteiger partial charge in [-0.15, -0.1) is 0 Å². The van der Waals surface area contributed by atoms with Crippen molar-refractivity contribution in [2.45, 2.75) is 12.8 Å². The molecule has 0 aliphatic carbocycles. The third-order valence-corrected chi connectivity index (χ3v) is 3.70. The van der Waals surface area contributed by atoms with Crippen LogP contribution in [0.1, 0.15) is 22.3 Å². The summed E-state index contributed by atoms with van der Waals surface area (Å²) in [5, 5.41) is 0. The molecule has 2 N–H and O–H groups in total. The summed E-state index contributed by atoms with van der Waals surface area (Å²) < 4.78 is 0. The molecule has 0 aromatic heterocycles. The van der Waals surface area contributed by atoms with Crippen LogP contribution in [-0.4, -0.2) is 25.5 Å². The van der Waals surface area contributed by atoms with Crippen molar-refractivity contribution in [2.24, 2.45) is 0 Å². The summed E-state index contributed by atoms with van der Waals surface area (Å²) in [6.07, 6.45) is 6.48. The van der Waals surface area contributed by atoms with Crippen LogP contribution in [0.4, 0.5) is 0 Å². The smallest absolute Gasteiger partial charge is 0.169 e. The highest BCUT2D eigenvalue weighted by molar-refractivity contribution is 5.78. The Balaban J connectivity index is 0.000000202. The quantitative estimate of drug-likeness (QED) is 0.422. The minimum absolute atomic E-state index is 0. The lowest BCUT2D eigenvalue weighted by Crippen LogP contribution is -3.00. The summed E-state index contributed by atoms with van der Waals surface area (Å²) >= 11 is 0. The summed E-state index contributed by atoms with van der Waals surface area (Å²) in [7, 11) is 0. The number of halogens is 2. The lowest BCUT2D eigenvalue weighted by molar-refractivity contribution is -0.452. The van der Waals surface area contributed by atoms with Crippen LogP contribution in [0, 0.1) is 0 Å². The topological polar surface area (TPSA) is 27.9 Å². The molecule has 0 fully saturated rings. The van der Waals surface area contributed by atoms with Gasteiger partial charge in [-0.05, 0) is 23.3 Å². The maximum Gasteiger partial charge on any atom is 0.169 e. The Morgan fingerprint density at radius 1 is 0.591 bits per heavy atom. The van der Waals surface area contributed by atoms with E-state index in [1.54, 1.807) is 0 Å². The van der Waals surface area contributed by atoms with Gasteiger partial charge in [0.2, 0.25) is 0 Å². The average Bonchev–Trinajstić information content (AvgIpc) is 2.56. The predicted molar refractivity (Wildman–Crippen MR) is 82.3 cm³/mol. The number of hydrogen-bond acceptors (Lipinski definition) is 0. The normalized spacial score (nSPS) is 13.5. The number of nitrogens with one attached hydrogen (secondary N) is 2. The van der Waals surface area contributed by atoms with Gasteiger partial charge in [-0.25, -0.2) is 9.98 Å². The molecular weight excluding hydrogens is 404 g/mol. The van der Waals surface area contributed by atoms with Crippen molar-refractivity contribution in [2.75, 3.05) is 13.1 Å². The van der Waals surface area contributed by atoms with Crippen LogP contribution in [0.2, 0.25) is 0 Å². The number of rotatable bonds is 0. The number of hydrogen-bond donors (Lipinski definition) is 2. The molecule has 2 aromatic rings. The van der Waals surface area contributed by atoms with Crippen LogP contribution in [0.25, 0.3) is 0 Å². The molecule has 2 aliphatic heterocycles. The molecule has 0 radical (unpaired) electrons. The van der Waals surface area contributed by atoms with E-state index in [1.807, 2.05) is 0 Å². The second-order valence-corrected chi connectivity index (χ2v) is 5.09. The molecule has 116 valence electrons. The summed E-state index contributed by atoms with van der Waals surface area (Å²) in [4.78, 5) is 6.43. The van der Waals surface area contributed by atoms with E-state index in [0.717, 1.165) is 25.9 Å². The molecule has 2 aliphatic rings. The highest BCUT2D eigenvalue weighted by atomic mass is 79.9. The average molecular weight is 424 g/mol. The van der Waals surface area contributed by atoms with Crippen LogP contribution in [0.3, 0.4) is 0 Å². The van der Waals surface area contributed by atoms with Gasteiger partial charge < -0.3 is 34.0 Å². The fourth-order valence-corrected chi connectivity index (χ4v) is 2.58. The Morgan fingerprint density at radius 2 is 1.00 bits per heavy atom. The number of fused-ring (bicyclic) bond motifs is 2. The summed E-state index contributed by atoms with van der Waals surface area (Å²) in [6, 6.07) is 17.0. The van der Waals surface area contributed by atoms with E-state index in [2.05, 4.69) is 70.9 Å². The first-order valence-electron chi connectivity index (χ1n) is 7.22. The van der Waals surface area contributed by atoms with E-state index in [-0.39, 0.29) is 34.0 Å². The van der Waals surface area contributed by atoms with Gasteiger partial charge in [0.05, 0.1) is 0 Å². The molecule has 0 atom stereocenters. The van der Waals surface area contributed by atoms with Crippen molar-refractivity contribution in [3.05, 3.63) is 70.8 Å². The molecule has 2 aromatic carbocycles. The van der Waals surface area contributed by atoms with Crippen LogP contribution < -0.4 is 43.9 Å². The summed E-state index contributed by atoms with van der Waals surface area (Å²) in [6.45, 7) is 2.16. The molecule has 0 saturated carbocycles. The van der Waals surface area contributed by atoms with Crippen molar-refractivity contribution in [1.82, 2.24) is 0 Å².